The summed E-state index contributed by atoms with van der Waals surface area (Å²) in [4.78, 5) is 10.0. The third-order valence-electron chi connectivity index (χ3n) is 2.21. The lowest BCUT2D eigenvalue weighted by atomic mass is 10.1. The fourth-order valence-electron chi connectivity index (χ4n) is 1.33. The van der Waals surface area contributed by atoms with Crippen LogP contribution in [-0.2, 0) is 0 Å². The van der Waals surface area contributed by atoms with Gasteiger partial charge in [0.1, 0.15) is 0 Å². The number of benzene rings is 1. The molecule has 0 saturated heterocycles. The molecular formula is C12H10N3O2. The molecule has 0 saturated carbocycles. The van der Waals surface area contributed by atoms with Gasteiger partial charge >= 0.3 is 0 Å². The number of hydrogen-bond donors (Lipinski definition) is 0. The minimum absolute atomic E-state index is 0.0512. The number of nitro groups is 1. The van der Waals surface area contributed by atoms with Crippen molar-refractivity contribution in [2.75, 3.05) is 0 Å². The van der Waals surface area contributed by atoms with Crippen molar-refractivity contribution in [1.82, 2.24) is 0 Å². The highest BCUT2D eigenvalue weighted by Gasteiger charge is 2.03. The van der Waals surface area contributed by atoms with E-state index >= 15 is 0 Å². The lowest BCUT2D eigenvalue weighted by Crippen LogP contribution is -1.85. The van der Waals surface area contributed by atoms with Crippen LogP contribution >= 0.6 is 0 Å². The quantitative estimate of drug-likeness (QED) is 0.449. The van der Waals surface area contributed by atoms with Crippen LogP contribution in [0.4, 0.5) is 11.4 Å². The van der Waals surface area contributed by atoms with Gasteiger partial charge in [0, 0.05) is 18.6 Å². The average Bonchev–Trinajstić information content (AvgIpc) is 2.38. The van der Waals surface area contributed by atoms with Crippen LogP contribution in [0.2, 0.25) is 0 Å². The van der Waals surface area contributed by atoms with Gasteiger partial charge in [-0.2, -0.15) is 10.2 Å². The molecule has 1 radical (unpaired) electrons. The van der Waals surface area contributed by atoms with E-state index in [1.165, 1.54) is 12.1 Å². The molecule has 1 aromatic rings. The molecule has 5 nitrogen and oxygen atoms in total. The summed E-state index contributed by atoms with van der Waals surface area (Å²) in [5, 5.41) is 18.5. The molecule has 0 amide bonds. The Hall–Kier alpha value is -2.30. The maximum atomic E-state index is 10.4. The van der Waals surface area contributed by atoms with Crippen molar-refractivity contribution in [3.05, 3.63) is 64.7 Å². The lowest BCUT2D eigenvalue weighted by molar-refractivity contribution is -0.384. The second-order valence-corrected chi connectivity index (χ2v) is 3.43. The van der Waals surface area contributed by atoms with Crippen molar-refractivity contribution in [3.8, 4) is 0 Å². The third-order valence-corrected chi connectivity index (χ3v) is 2.21. The predicted octanol–water partition coefficient (Wildman–Crippen LogP) is 3.73. The fraction of sp³-hybridized carbons (Fsp3) is 0.0833. The van der Waals surface area contributed by atoms with Crippen LogP contribution in [-0.4, -0.2) is 4.92 Å². The number of nitro benzene ring substituents is 1. The molecule has 17 heavy (non-hydrogen) atoms. The number of azo groups is 1. The van der Waals surface area contributed by atoms with Gasteiger partial charge in [0.2, 0.25) is 0 Å². The summed E-state index contributed by atoms with van der Waals surface area (Å²) >= 11 is 0. The average molecular weight is 228 g/mol. The van der Waals surface area contributed by atoms with E-state index in [2.05, 4.69) is 10.2 Å². The Morgan fingerprint density at radius 1 is 1.18 bits per heavy atom. The maximum Gasteiger partial charge on any atom is 0.269 e. The van der Waals surface area contributed by atoms with E-state index < -0.39 is 4.92 Å². The lowest BCUT2D eigenvalue weighted by Gasteiger charge is -2.00. The van der Waals surface area contributed by atoms with Crippen LogP contribution in [0.25, 0.3) is 0 Å². The van der Waals surface area contributed by atoms with Gasteiger partial charge in [-0.05, 0) is 24.6 Å². The van der Waals surface area contributed by atoms with Crippen LogP contribution in [0.1, 0.15) is 6.42 Å². The van der Waals surface area contributed by atoms with Crippen molar-refractivity contribution in [2.45, 2.75) is 6.42 Å². The summed E-state index contributed by atoms with van der Waals surface area (Å²) in [6.45, 7) is 0. The molecule has 85 valence electrons. The monoisotopic (exact) mass is 228 g/mol. The van der Waals surface area contributed by atoms with Crippen molar-refractivity contribution in [2.24, 2.45) is 10.2 Å². The standard InChI is InChI=1S/C12H10N3O2/c16-15(17)12-8-6-11(7-9-12)14-13-10-4-2-1-3-5-10/h1-2,4-9H,3H2. The van der Waals surface area contributed by atoms with Gasteiger partial charge in [-0.1, -0.05) is 12.2 Å². The molecule has 0 unspecified atom stereocenters. The van der Waals surface area contributed by atoms with Crippen LogP contribution in [0.5, 0.6) is 0 Å². The van der Waals surface area contributed by atoms with Gasteiger partial charge in [-0.15, -0.1) is 0 Å². The van der Waals surface area contributed by atoms with Gasteiger partial charge in [-0.3, -0.25) is 10.1 Å². The zero-order chi connectivity index (χ0) is 12.1. The zero-order valence-corrected chi connectivity index (χ0v) is 8.98. The van der Waals surface area contributed by atoms with Gasteiger partial charge in [-0.25, -0.2) is 0 Å². The van der Waals surface area contributed by atoms with Gasteiger partial charge in [0.05, 0.1) is 16.3 Å². The van der Waals surface area contributed by atoms with E-state index in [-0.39, 0.29) is 5.69 Å². The largest absolute Gasteiger partial charge is 0.269 e. The van der Waals surface area contributed by atoms with E-state index in [0.29, 0.717) is 5.69 Å². The van der Waals surface area contributed by atoms with E-state index in [0.717, 1.165) is 12.1 Å². The summed E-state index contributed by atoms with van der Waals surface area (Å²) in [5.74, 6) is 0. The number of allylic oxidation sites excluding steroid dienone is 4. The molecule has 0 aromatic heterocycles. The molecule has 2 rings (SSSR count). The van der Waals surface area contributed by atoms with Crippen molar-refractivity contribution < 1.29 is 4.92 Å². The predicted molar refractivity (Wildman–Crippen MR) is 63.8 cm³/mol. The molecule has 0 fully saturated rings. The molecular weight excluding hydrogens is 218 g/mol. The summed E-state index contributed by atoms with van der Waals surface area (Å²) < 4.78 is 0. The second kappa shape index (κ2) is 5.16. The zero-order valence-electron chi connectivity index (χ0n) is 8.98. The smallest absolute Gasteiger partial charge is 0.258 e. The number of rotatable bonds is 3. The molecule has 0 N–H and O–H groups in total. The Morgan fingerprint density at radius 3 is 2.53 bits per heavy atom. The van der Waals surface area contributed by atoms with E-state index in [4.69, 9.17) is 0 Å². The summed E-state index contributed by atoms with van der Waals surface area (Å²) in [5.41, 5.74) is 1.45. The first kappa shape index (κ1) is 11.2. The summed E-state index contributed by atoms with van der Waals surface area (Å²) in [7, 11) is 0. The van der Waals surface area contributed by atoms with Gasteiger partial charge in [0.15, 0.2) is 0 Å². The molecule has 0 spiro atoms. The number of non-ortho nitro benzene ring substituents is 1. The highest BCUT2D eigenvalue weighted by molar-refractivity contribution is 5.43. The first-order valence-corrected chi connectivity index (χ1v) is 5.12. The van der Waals surface area contributed by atoms with Gasteiger partial charge < -0.3 is 0 Å². The second-order valence-electron chi connectivity index (χ2n) is 3.43. The maximum absolute atomic E-state index is 10.4. The SMILES string of the molecule is O=[N+]([O-])c1ccc(N=NC2=CC=CC[CH]2)cc1. The molecule has 0 bridgehead atoms. The van der Waals surface area contributed by atoms with Crippen LogP contribution < -0.4 is 0 Å². The van der Waals surface area contributed by atoms with Crippen LogP contribution in [0.15, 0.2) is 58.4 Å². The van der Waals surface area contributed by atoms with Crippen molar-refractivity contribution >= 4 is 11.4 Å². The molecule has 5 heteroatoms. The summed E-state index contributed by atoms with van der Waals surface area (Å²) in [6, 6.07) is 5.96. The number of nitrogens with zero attached hydrogens (tertiary/aromatic N) is 3. The third kappa shape index (κ3) is 3.07. The van der Waals surface area contributed by atoms with E-state index in [9.17, 15) is 10.1 Å². The molecule has 0 atom stereocenters. The highest BCUT2D eigenvalue weighted by atomic mass is 16.6. The molecule has 0 aliphatic heterocycles. The molecule has 0 heterocycles. The van der Waals surface area contributed by atoms with Crippen LogP contribution in [0, 0.1) is 16.5 Å². The molecule has 1 aliphatic rings. The Bertz CT molecular complexity index is 501. The van der Waals surface area contributed by atoms with E-state index in [1.54, 1.807) is 12.1 Å². The van der Waals surface area contributed by atoms with Crippen molar-refractivity contribution in [1.29, 1.82) is 0 Å². The summed E-state index contributed by atoms with van der Waals surface area (Å²) in [6.07, 6.45) is 8.60. The van der Waals surface area contributed by atoms with Gasteiger partial charge in [0.25, 0.3) is 5.69 Å². The normalized spacial score (nSPS) is 14.9. The minimum atomic E-state index is -0.441. The van der Waals surface area contributed by atoms with Crippen LogP contribution in [0.3, 0.4) is 0 Å². The Balaban J connectivity index is 2.08. The topological polar surface area (TPSA) is 67.9 Å². The van der Waals surface area contributed by atoms with Crippen molar-refractivity contribution in [3.63, 3.8) is 0 Å². The fourth-order valence-corrected chi connectivity index (χ4v) is 1.33. The number of hydrogen-bond acceptors (Lipinski definition) is 4. The first-order chi connectivity index (χ1) is 8.25. The van der Waals surface area contributed by atoms with E-state index in [1.807, 2.05) is 24.6 Å². The molecule has 1 aliphatic carbocycles. The first-order valence-electron chi connectivity index (χ1n) is 5.12. The Morgan fingerprint density at radius 2 is 1.94 bits per heavy atom. The molecule has 1 aromatic carbocycles. The Labute approximate surface area is 98.3 Å². The Kier molecular flexibility index (Phi) is 3.40. The minimum Gasteiger partial charge on any atom is -0.258 e. The highest BCUT2D eigenvalue weighted by Crippen LogP contribution is 2.20.